The summed E-state index contributed by atoms with van der Waals surface area (Å²) in [4.78, 5) is 16.1. The summed E-state index contributed by atoms with van der Waals surface area (Å²) in [6, 6.07) is 7.80. The summed E-state index contributed by atoms with van der Waals surface area (Å²) < 4.78 is 5.16. The maximum Gasteiger partial charge on any atom is 0.256 e. The average molecular weight is 327 g/mol. The van der Waals surface area contributed by atoms with Crippen molar-refractivity contribution in [2.75, 3.05) is 17.9 Å². The number of nitrogens with two attached hydrogens (primary N) is 1. The molecule has 1 amide bonds. The van der Waals surface area contributed by atoms with Crippen LogP contribution in [0.4, 0.5) is 11.5 Å². The molecule has 2 rings (SSSR count). The number of halogens is 2. The van der Waals surface area contributed by atoms with Gasteiger partial charge in [0.05, 0.1) is 12.8 Å². The zero-order chi connectivity index (χ0) is 15.4. The van der Waals surface area contributed by atoms with Crippen molar-refractivity contribution in [2.45, 2.75) is 0 Å². The van der Waals surface area contributed by atoms with E-state index >= 15 is 0 Å². The van der Waals surface area contributed by atoms with Gasteiger partial charge in [0.25, 0.3) is 5.91 Å². The highest BCUT2D eigenvalue weighted by Crippen LogP contribution is 2.28. The number of hydrazine groups is 1. The maximum atomic E-state index is 12.2. The Morgan fingerprint density at radius 2 is 2.05 bits per heavy atom. The first-order valence-corrected chi connectivity index (χ1v) is 6.58. The van der Waals surface area contributed by atoms with Gasteiger partial charge in [0, 0.05) is 10.6 Å². The molecule has 110 valence electrons. The van der Waals surface area contributed by atoms with Gasteiger partial charge in [-0.1, -0.05) is 23.2 Å². The molecule has 0 aliphatic rings. The zero-order valence-electron chi connectivity index (χ0n) is 11.0. The molecule has 21 heavy (non-hydrogen) atoms. The number of carbonyl (C=O) groups excluding carboxylic acids is 1. The number of hydrogen-bond donors (Lipinski definition) is 3. The van der Waals surface area contributed by atoms with E-state index in [4.69, 9.17) is 33.8 Å². The molecule has 1 aromatic carbocycles. The minimum atomic E-state index is -0.392. The number of carbonyl (C=O) groups is 1. The second-order valence-corrected chi connectivity index (χ2v) is 4.83. The Bertz CT molecular complexity index is 679. The third kappa shape index (κ3) is 3.75. The molecule has 0 bridgehead atoms. The summed E-state index contributed by atoms with van der Waals surface area (Å²) >= 11 is 11.7. The van der Waals surface area contributed by atoms with Gasteiger partial charge in [-0.3, -0.25) is 4.79 Å². The number of nitrogens with one attached hydrogen (secondary N) is 2. The minimum Gasteiger partial charge on any atom is -0.495 e. The van der Waals surface area contributed by atoms with E-state index in [0.29, 0.717) is 22.0 Å². The van der Waals surface area contributed by atoms with Crippen molar-refractivity contribution in [3.8, 4) is 5.75 Å². The molecule has 0 atom stereocenters. The molecule has 0 unspecified atom stereocenters. The fourth-order valence-corrected chi connectivity index (χ4v) is 2.06. The number of benzene rings is 1. The standard InChI is InChI=1S/C13H12Cl2N4O2/c1-21-10-3-2-8(14)6-9(10)17-13(20)7-4-11(15)18-12(5-7)19-16/h2-6H,16H2,1H3,(H,17,20)(H,18,19). The topological polar surface area (TPSA) is 89.3 Å². The maximum absolute atomic E-state index is 12.2. The zero-order valence-corrected chi connectivity index (χ0v) is 12.5. The van der Waals surface area contributed by atoms with Gasteiger partial charge in [-0.15, -0.1) is 0 Å². The number of anilines is 2. The predicted molar refractivity (Wildman–Crippen MR) is 83.0 cm³/mol. The lowest BCUT2D eigenvalue weighted by Gasteiger charge is -2.11. The molecule has 6 nitrogen and oxygen atoms in total. The van der Waals surface area contributed by atoms with Gasteiger partial charge in [0.2, 0.25) is 0 Å². The molecule has 1 aromatic heterocycles. The van der Waals surface area contributed by atoms with Crippen LogP contribution in [-0.2, 0) is 0 Å². The van der Waals surface area contributed by atoms with Gasteiger partial charge in [-0.25, -0.2) is 10.8 Å². The van der Waals surface area contributed by atoms with Crippen LogP contribution in [-0.4, -0.2) is 18.0 Å². The van der Waals surface area contributed by atoms with Crippen molar-refractivity contribution in [1.29, 1.82) is 0 Å². The molecule has 1 heterocycles. The lowest BCUT2D eigenvalue weighted by molar-refractivity contribution is 0.102. The molecule has 4 N–H and O–H groups in total. The smallest absolute Gasteiger partial charge is 0.256 e. The molecule has 8 heteroatoms. The van der Waals surface area contributed by atoms with Gasteiger partial charge in [-0.05, 0) is 30.3 Å². The van der Waals surface area contributed by atoms with E-state index in [1.807, 2.05) is 0 Å². The first-order chi connectivity index (χ1) is 10.0. The lowest BCUT2D eigenvalue weighted by atomic mass is 10.2. The summed E-state index contributed by atoms with van der Waals surface area (Å²) in [7, 11) is 1.50. The van der Waals surface area contributed by atoms with Crippen LogP contribution in [0.1, 0.15) is 10.4 Å². The number of methoxy groups -OCH3 is 1. The largest absolute Gasteiger partial charge is 0.495 e. The molecule has 0 spiro atoms. The van der Waals surface area contributed by atoms with Crippen LogP contribution < -0.4 is 21.3 Å². The minimum absolute atomic E-state index is 0.147. The number of aromatic nitrogens is 1. The van der Waals surface area contributed by atoms with Crippen molar-refractivity contribution >= 4 is 40.6 Å². The highest BCUT2D eigenvalue weighted by Gasteiger charge is 2.12. The quantitative estimate of drug-likeness (QED) is 0.456. The Labute approximate surface area is 131 Å². The Morgan fingerprint density at radius 1 is 1.29 bits per heavy atom. The first kappa shape index (κ1) is 15.4. The summed E-state index contributed by atoms with van der Waals surface area (Å²) in [6.45, 7) is 0. The molecule has 0 aliphatic heterocycles. The molecular formula is C13H12Cl2N4O2. The van der Waals surface area contributed by atoms with E-state index in [1.165, 1.54) is 19.2 Å². The molecule has 0 aliphatic carbocycles. The number of nitrogen functional groups attached to an aromatic ring is 1. The summed E-state index contributed by atoms with van der Waals surface area (Å²) in [6.07, 6.45) is 0. The summed E-state index contributed by atoms with van der Waals surface area (Å²) in [5, 5.41) is 3.32. The fraction of sp³-hybridized carbons (Fsp3) is 0.0769. The second kappa shape index (κ2) is 6.62. The number of rotatable bonds is 4. The van der Waals surface area contributed by atoms with E-state index in [0.717, 1.165) is 0 Å². The van der Waals surface area contributed by atoms with Crippen LogP contribution in [0, 0.1) is 0 Å². The molecule has 0 radical (unpaired) electrons. The van der Waals surface area contributed by atoms with E-state index < -0.39 is 5.91 Å². The third-order valence-corrected chi connectivity index (χ3v) is 3.04. The van der Waals surface area contributed by atoms with Crippen LogP contribution in [0.15, 0.2) is 30.3 Å². The number of nitrogens with zero attached hydrogens (tertiary/aromatic N) is 1. The Kier molecular flexibility index (Phi) is 4.85. The van der Waals surface area contributed by atoms with Crippen molar-refractivity contribution in [2.24, 2.45) is 5.84 Å². The SMILES string of the molecule is COc1ccc(Cl)cc1NC(=O)c1cc(Cl)nc(NN)c1. The van der Waals surface area contributed by atoms with Gasteiger partial charge < -0.3 is 15.5 Å². The van der Waals surface area contributed by atoms with E-state index in [2.05, 4.69) is 15.7 Å². The lowest BCUT2D eigenvalue weighted by Crippen LogP contribution is -2.15. The van der Waals surface area contributed by atoms with Crippen molar-refractivity contribution in [3.63, 3.8) is 0 Å². The highest BCUT2D eigenvalue weighted by atomic mass is 35.5. The predicted octanol–water partition coefficient (Wildman–Crippen LogP) is 2.93. The molecular weight excluding hydrogens is 315 g/mol. The van der Waals surface area contributed by atoms with Crippen LogP contribution in [0.5, 0.6) is 5.75 Å². The van der Waals surface area contributed by atoms with E-state index in [9.17, 15) is 4.79 Å². The van der Waals surface area contributed by atoms with Crippen LogP contribution >= 0.6 is 23.2 Å². The molecule has 0 saturated heterocycles. The highest BCUT2D eigenvalue weighted by molar-refractivity contribution is 6.31. The normalized spacial score (nSPS) is 10.1. The van der Waals surface area contributed by atoms with Crippen LogP contribution in [0.2, 0.25) is 10.2 Å². The summed E-state index contributed by atoms with van der Waals surface area (Å²) in [5.74, 6) is 5.65. The van der Waals surface area contributed by atoms with Crippen LogP contribution in [0.3, 0.4) is 0 Å². The third-order valence-electron chi connectivity index (χ3n) is 2.61. The average Bonchev–Trinajstić information content (AvgIpc) is 2.46. The first-order valence-electron chi connectivity index (χ1n) is 5.82. The van der Waals surface area contributed by atoms with Crippen molar-refractivity contribution in [1.82, 2.24) is 4.98 Å². The fourth-order valence-electron chi connectivity index (χ4n) is 1.67. The number of pyridine rings is 1. The van der Waals surface area contributed by atoms with E-state index in [-0.39, 0.29) is 11.0 Å². The molecule has 2 aromatic rings. The van der Waals surface area contributed by atoms with Gasteiger partial charge in [0.1, 0.15) is 16.7 Å². The number of amides is 1. The van der Waals surface area contributed by atoms with Gasteiger partial charge in [-0.2, -0.15) is 0 Å². The van der Waals surface area contributed by atoms with Crippen LogP contribution in [0.25, 0.3) is 0 Å². The number of ether oxygens (including phenoxy) is 1. The summed E-state index contributed by atoms with van der Waals surface area (Å²) in [5.41, 5.74) is 3.08. The van der Waals surface area contributed by atoms with Crippen molar-refractivity contribution in [3.05, 3.63) is 46.1 Å². The monoisotopic (exact) mass is 326 g/mol. The Hall–Kier alpha value is -2.02. The number of hydrogen-bond acceptors (Lipinski definition) is 5. The second-order valence-electron chi connectivity index (χ2n) is 4.01. The molecule has 0 saturated carbocycles. The van der Waals surface area contributed by atoms with E-state index in [1.54, 1.807) is 18.2 Å². The molecule has 0 fully saturated rings. The Balaban J connectivity index is 2.30. The van der Waals surface area contributed by atoms with Crippen molar-refractivity contribution < 1.29 is 9.53 Å². The van der Waals surface area contributed by atoms with Gasteiger partial charge in [0.15, 0.2) is 0 Å². The van der Waals surface area contributed by atoms with Gasteiger partial charge >= 0.3 is 0 Å². The Morgan fingerprint density at radius 3 is 2.71 bits per heavy atom.